The number of rotatable bonds is 3. The third kappa shape index (κ3) is 2.14. The summed E-state index contributed by atoms with van der Waals surface area (Å²) in [4.78, 5) is 21.3. The van der Waals surface area contributed by atoms with E-state index in [9.17, 15) is 4.79 Å². The molecule has 0 radical (unpaired) electrons. The third-order valence-electron chi connectivity index (χ3n) is 3.60. The Morgan fingerprint density at radius 1 is 1.27 bits per heavy atom. The molecular formula is C16H16N4O2. The van der Waals surface area contributed by atoms with Crippen molar-refractivity contribution in [3.05, 3.63) is 48.3 Å². The number of benzene rings is 2. The summed E-state index contributed by atoms with van der Waals surface area (Å²) in [6, 6.07) is 11.0. The number of aromatic amines is 1. The molecule has 6 heteroatoms. The average Bonchev–Trinajstić information content (AvgIpc) is 3.01. The van der Waals surface area contributed by atoms with Crippen molar-refractivity contribution in [3.63, 3.8) is 0 Å². The Labute approximate surface area is 127 Å². The zero-order chi connectivity index (χ0) is 15.7. The number of carbonyl (C=O) groups excluding carboxylic acids is 1. The predicted octanol–water partition coefficient (Wildman–Crippen LogP) is 2.70. The molecule has 3 N–H and O–H groups in total. The number of nitrogens with two attached hydrogens (primary N) is 1. The molecule has 0 bridgehead atoms. The van der Waals surface area contributed by atoms with Crippen LogP contribution in [0.1, 0.15) is 10.4 Å². The van der Waals surface area contributed by atoms with E-state index in [-0.39, 0.29) is 0 Å². The summed E-state index contributed by atoms with van der Waals surface area (Å²) < 4.78 is 4.85. The normalized spacial score (nSPS) is 10.6. The molecule has 0 saturated carbocycles. The Kier molecular flexibility index (Phi) is 3.42. The van der Waals surface area contributed by atoms with Gasteiger partial charge in [0.15, 0.2) is 0 Å². The van der Waals surface area contributed by atoms with Crippen LogP contribution in [0.4, 0.5) is 17.1 Å². The highest BCUT2D eigenvalue weighted by molar-refractivity contribution is 6.02. The van der Waals surface area contributed by atoms with Crippen LogP contribution in [-0.4, -0.2) is 30.1 Å². The molecule has 0 aliphatic rings. The van der Waals surface area contributed by atoms with Crippen LogP contribution in [0.15, 0.2) is 42.7 Å². The minimum atomic E-state index is -0.427. The number of imidazole rings is 1. The second-order valence-corrected chi connectivity index (χ2v) is 4.87. The van der Waals surface area contributed by atoms with Crippen molar-refractivity contribution in [2.24, 2.45) is 0 Å². The van der Waals surface area contributed by atoms with E-state index in [2.05, 4.69) is 9.97 Å². The van der Waals surface area contributed by atoms with Crippen molar-refractivity contribution in [2.45, 2.75) is 0 Å². The lowest BCUT2D eigenvalue weighted by molar-refractivity contribution is 0.0601. The molecule has 112 valence electrons. The quantitative estimate of drug-likeness (QED) is 0.573. The molecule has 0 fully saturated rings. The predicted molar refractivity (Wildman–Crippen MR) is 86.4 cm³/mol. The maximum Gasteiger partial charge on any atom is 0.340 e. The largest absolute Gasteiger partial charge is 0.465 e. The fraction of sp³-hybridized carbons (Fsp3) is 0.125. The van der Waals surface area contributed by atoms with Gasteiger partial charge in [-0.05, 0) is 24.3 Å². The van der Waals surface area contributed by atoms with Gasteiger partial charge in [-0.3, -0.25) is 0 Å². The van der Waals surface area contributed by atoms with E-state index < -0.39 is 5.97 Å². The van der Waals surface area contributed by atoms with E-state index in [1.54, 1.807) is 24.5 Å². The first-order valence-electron chi connectivity index (χ1n) is 6.76. The summed E-state index contributed by atoms with van der Waals surface area (Å²) in [6.45, 7) is 0. The summed E-state index contributed by atoms with van der Waals surface area (Å²) in [5, 5.41) is 0. The molecule has 0 amide bonds. The topological polar surface area (TPSA) is 84.2 Å². The number of para-hydroxylation sites is 2. The Hall–Kier alpha value is -3.02. The number of methoxy groups -OCH3 is 1. The molecule has 22 heavy (non-hydrogen) atoms. The number of nitrogens with zero attached hydrogens (tertiary/aromatic N) is 2. The van der Waals surface area contributed by atoms with Gasteiger partial charge in [0.25, 0.3) is 0 Å². The SMILES string of the molecule is COC(=O)c1cccc(N)c1N(C)c1cccc2[nH]cnc12. The van der Waals surface area contributed by atoms with Gasteiger partial charge in [-0.25, -0.2) is 9.78 Å². The monoisotopic (exact) mass is 296 g/mol. The first-order valence-corrected chi connectivity index (χ1v) is 6.76. The first-order chi connectivity index (χ1) is 10.6. The molecule has 0 aliphatic heterocycles. The maximum atomic E-state index is 12.0. The van der Waals surface area contributed by atoms with Gasteiger partial charge in [0.1, 0.15) is 5.52 Å². The van der Waals surface area contributed by atoms with Crippen LogP contribution in [-0.2, 0) is 4.74 Å². The number of fused-ring (bicyclic) bond motifs is 1. The van der Waals surface area contributed by atoms with Crippen LogP contribution in [0.5, 0.6) is 0 Å². The second-order valence-electron chi connectivity index (χ2n) is 4.87. The maximum absolute atomic E-state index is 12.0. The van der Waals surface area contributed by atoms with E-state index in [4.69, 9.17) is 10.5 Å². The molecule has 1 aromatic heterocycles. The molecule has 0 atom stereocenters. The van der Waals surface area contributed by atoms with Gasteiger partial charge in [0.05, 0.1) is 41.6 Å². The van der Waals surface area contributed by atoms with Gasteiger partial charge in [-0.1, -0.05) is 12.1 Å². The van der Waals surface area contributed by atoms with Gasteiger partial charge < -0.3 is 20.4 Å². The lowest BCUT2D eigenvalue weighted by Gasteiger charge is -2.23. The average molecular weight is 296 g/mol. The number of ether oxygens (including phenoxy) is 1. The van der Waals surface area contributed by atoms with Gasteiger partial charge >= 0.3 is 5.97 Å². The smallest absolute Gasteiger partial charge is 0.340 e. The van der Waals surface area contributed by atoms with Crippen molar-refractivity contribution in [1.82, 2.24) is 9.97 Å². The van der Waals surface area contributed by atoms with Crippen LogP contribution in [0.25, 0.3) is 11.0 Å². The van der Waals surface area contributed by atoms with Crippen molar-refractivity contribution >= 4 is 34.1 Å². The fourth-order valence-electron chi connectivity index (χ4n) is 2.55. The van der Waals surface area contributed by atoms with Crippen LogP contribution >= 0.6 is 0 Å². The lowest BCUT2D eigenvalue weighted by atomic mass is 10.1. The van der Waals surface area contributed by atoms with Gasteiger partial charge in [-0.2, -0.15) is 0 Å². The molecule has 3 rings (SSSR count). The number of nitrogen functional groups attached to an aromatic ring is 1. The number of hydrogen-bond acceptors (Lipinski definition) is 5. The zero-order valence-electron chi connectivity index (χ0n) is 12.3. The van der Waals surface area contributed by atoms with Crippen molar-refractivity contribution < 1.29 is 9.53 Å². The number of esters is 1. The van der Waals surface area contributed by atoms with Crippen molar-refractivity contribution in [2.75, 3.05) is 24.8 Å². The summed E-state index contributed by atoms with van der Waals surface area (Å²) in [6.07, 6.45) is 1.64. The van der Waals surface area contributed by atoms with Gasteiger partial charge in [0.2, 0.25) is 0 Å². The molecule has 6 nitrogen and oxygen atoms in total. The number of carbonyl (C=O) groups is 1. The molecule has 0 aliphatic carbocycles. The Morgan fingerprint density at radius 2 is 2.05 bits per heavy atom. The van der Waals surface area contributed by atoms with E-state index >= 15 is 0 Å². The number of nitrogens with one attached hydrogen (secondary N) is 1. The van der Waals surface area contributed by atoms with E-state index in [0.717, 1.165) is 16.7 Å². The molecule has 3 aromatic rings. The van der Waals surface area contributed by atoms with Crippen LogP contribution < -0.4 is 10.6 Å². The fourth-order valence-corrected chi connectivity index (χ4v) is 2.55. The van der Waals surface area contributed by atoms with E-state index in [1.807, 2.05) is 30.1 Å². The van der Waals surface area contributed by atoms with Crippen LogP contribution in [0.2, 0.25) is 0 Å². The minimum absolute atomic E-state index is 0.414. The zero-order valence-corrected chi connectivity index (χ0v) is 12.3. The third-order valence-corrected chi connectivity index (χ3v) is 3.60. The summed E-state index contributed by atoms with van der Waals surface area (Å²) in [5.74, 6) is -0.427. The van der Waals surface area contributed by atoms with Gasteiger partial charge in [0, 0.05) is 7.05 Å². The Morgan fingerprint density at radius 3 is 2.82 bits per heavy atom. The molecule has 0 saturated heterocycles. The van der Waals surface area contributed by atoms with E-state index in [1.165, 1.54) is 7.11 Å². The highest BCUT2D eigenvalue weighted by Gasteiger charge is 2.20. The van der Waals surface area contributed by atoms with E-state index in [0.29, 0.717) is 16.9 Å². The standard InChI is InChI=1S/C16H16N4O2/c1-20(13-8-4-7-12-14(13)19-9-18-12)15-10(16(21)22-2)5-3-6-11(15)17/h3-9H,17H2,1-2H3,(H,18,19). The highest BCUT2D eigenvalue weighted by Crippen LogP contribution is 2.35. The van der Waals surface area contributed by atoms with Crippen LogP contribution in [0, 0.1) is 0 Å². The lowest BCUT2D eigenvalue weighted by Crippen LogP contribution is -2.17. The molecule has 0 spiro atoms. The molecule has 0 unspecified atom stereocenters. The molecule has 2 aromatic carbocycles. The molecular weight excluding hydrogens is 280 g/mol. The first kappa shape index (κ1) is 13.9. The van der Waals surface area contributed by atoms with Crippen LogP contribution in [0.3, 0.4) is 0 Å². The summed E-state index contributed by atoms with van der Waals surface area (Å²) >= 11 is 0. The Bertz CT molecular complexity index is 841. The summed E-state index contributed by atoms with van der Waals surface area (Å²) in [7, 11) is 3.20. The number of aromatic nitrogens is 2. The number of anilines is 3. The highest BCUT2D eigenvalue weighted by atomic mass is 16.5. The second kappa shape index (κ2) is 5.40. The number of H-pyrrole nitrogens is 1. The number of hydrogen-bond donors (Lipinski definition) is 2. The van der Waals surface area contributed by atoms with Crippen molar-refractivity contribution in [3.8, 4) is 0 Å². The minimum Gasteiger partial charge on any atom is -0.465 e. The molecule has 1 heterocycles. The summed E-state index contributed by atoms with van der Waals surface area (Å²) in [5.41, 5.74) is 10.2. The van der Waals surface area contributed by atoms with Gasteiger partial charge in [-0.15, -0.1) is 0 Å². The Balaban J connectivity index is 2.19. The van der Waals surface area contributed by atoms with Crippen molar-refractivity contribution in [1.29, 1.82) is 0 Å².